The molecule has 1 rings (SSSR count). The maximum absolute atomic E-state index is 12.8. The van der Waals surface area contributed by atoms with Crippen LogP contribution < -0.4 is 5.46 Å². The van der Waals surface area contributed by atoms with Crippen molar-refractivity contribution in [3.8, 4) is 0 Å². The average Bonchev–Trinajstić information content (AvgIpc) is 1.96. The van der Waals surface area contributed by atoms with Crippen molar-refractivity contribution in [2.75, 3.05) is 0 Å². The van der Waals surface area contributed by atoms with E-state index in [-0.39, 0.29) is 5.56 Å². The van der Waals surface area contributed by atoms with Crippen LogP contribution in [0.1, 0.15) is 5.56 Å². The quantitative estimate of drug-likeness (QED) is 0.583. The van der Waals surface area contributed by atoms with Gasteiger partial charge in [-0.3, -0.25) is 0 Å². The first kappa shape index (κ1) is 9.16. The molecular weight excluding hydrogens is 165 g/mol. The minimum atomic E-state index is -1.97. The van der Waals surface area contributed by atoms with Crippen molar-refractivity contribution in [1.82, 2.24) is 0 Å². The molecule has 0 heterocycles. The predicted molar refractivity (Wildman–Crippen MR) is 40.9 cm³/mol. The fraction of sp³-hybridized carbons (Fsp3) is 0.143. The molecule has 0 bridgehead atoms. The zero-order chi connectivity index (χ0) is 9.30. The lowest BCUT2D eigenvalue weighted by molar-refractivity contribution is 0.422. The van der Waals surface area contributed by atoms with Gasteiger partial charge in [0, 0.05) is 5.46 Å². The van der Waals surface area contributed by atoms with Crippen molar-refractivity contribution in [2.24, 2.45) is 0 Å². The van der Waals surface area contributed by atoms with E-state index in [1.54, 1.807) is 0 Å². The largest absolute Gasteiger partial charge is 0.491 e. The number of rotatable bonds is 1. The summed E-state index contributed by atoms with van der Waals surface area (Å²) in [7, 11) is -1.97. The zero-order valence-electron chi connectivity index (χ0n) is 6.38. The topological polar surface area (TPSA) is 40.5 Å². The molecule has 0 aliphatic heterocycles. The van der Waals surface area contributed by atoms with E-state index >= 15 is 0 Å². The predicted octanol–water partition coefficient (Wildman–Crippen LogP) is -0.0470. The van der Waals surface area contributed by atoms with E-state index in [1.165, 1.54) is 6.92 Å². The van der Waals surface area contributed by atoms with Crippen LogP contribution >= 0.6 is 0 Å². The van der Waals surface area contributed by atoms with Crippen LogP contribution in [0.3, 0.4) is 0 Å². The summed E-state index contributed by atoms with van der Waals surface area (Å²) in [6.45, 7) is 1.39. The van der Waals surface area contributed by atoms with Crippen molar-refractivity contribution in [3.05, 3.63) is 29.3 Å². The Morgan fingerprint density at radius 1 is 1.17 bits per heavy atom. The van der Waals surface area contributed by atoms with Gasteiger partial charge in [-0.15, -0.1) is 0 Å². The van der Waals surface area contributed by atoms with Crippen LogP contribution in [0.25, 0.3) is 0 Å². The number of hydrogen-bond donors (Lipinski definition) is 2. The number of halogens is 2. The highest BCUT2D eigenvalue weighted by molar-refractivity contribution is 6.58. The molecule has 1 aromatic carbocycles. The highest BCUT2D eigenvalue weighted by Gasteiger charge is 2.18. The number of aryl methyl sites for hydroxylation is 1. The Morgan fingerprint density at radius 2 is 1.75 bits per heavy atom. The maximum atomic E-state index is 12.8. The second-order valence-corrected chi connectivity index (χ2v) is 2.50. The van der Waals surface area contributed by atoms with E-state index in [2.05, 4.69) is 0 Å². The molecule has 0 saturated heterocycles. The summed E-state index contributed by atoms with van der Waals surface area (Å²) in [5.41, 5.74) is -0.310. The van der Waals surface area contributed by atoms with Gasteiger partial charge in [-0.2, -0.15) is 0 Å². The van der Waals surface area contributed by atoms with E-state index < -0.39 is 24.2 Å². The average molecular weight is 172 g/mol. The first-order valence-corrected chi connectivity index (χ1v) is 3.34. The summed E-state index contributed by atoms with van der Waals surface area (Å²) >= 11 is 0. The summed E-state index contributed by atoms with van der Waals surface area (Å²) < 4.78 is 25.5. The Balaban J connectivity index is 3.23. The summed E-state index contributed by atoms with van der Waals surface area (Å²) in [5, 5.41) is 17.1. The van der Waals surface area contributed by atoms with Crippen LogP contribution in [0.5, 0.6) is 0 Å². The van der Waals surface area contributed by atoms with E-state index in [0.717, 1.165) is 12.1 Å². The monoisotopic (exact) mass is 172 g/mol. The van der Waals surface area contributed by atoms with Crippen LogP contribution in [0.15, 0.2) is 12.1 Å². The van der Waals surface area contributed by atoms with Gasteiger partial charge >= 0.3 is 7.12 Å². The Morgan fingerprint density at radius 3 is 2.25 bits per heavy atom. The summed E-state index contributed by atoms with van der Waals surface area (Å²) in [6.07, 6.45) is 0. The third-order valence-corrected chi connectivity index (χ3v) is 1.56. The SMILES string of the molecule is Cc1cc(F)c(B(O)O)cc1F. The van der Waals surface area contributed by atoms with Crippen molar-refractivity contribution in [1.29, 1.82) is 0 Å². The molecule has 0 saturated carbocycles. The van der Waals surface area contributed by atoms with Crippen LogP contribution in [0.2, 0.25) is 0 Å². The standard InChI is InChI=1S/C7H7BF2O2/c1-4-2-7(10)5(8(11)12)3-6(4)9/h2-3,11-12H,1H3. The fourth-order valence-corrected chi connectivity index (χ4v) is 0.860. The second kappa shape index (κ2) is 3.20. The first-order chi connectivity index (χ1) is 5.52. The van der Waals surface area contributed by atoms with Crippen molar-refractivity contribution >= 4 is 12.6 Å². The lowest BCUT2D eigenvalue weighted by Crippen LogP contribution is -2.33. The highest BCUT2D eigenvalue weighted by atomic mass is 19.1. The van der Waals surface area contributed by atoms with Gasteiger partial charge in [-0.1, -0.05) is 0 Å². The van der Waals surface area contributed by atoms with Gasteiger partial charge in [-0.05, 0) is 24.6 Å². The van der Waals surface area contributed by atoms with Crippen LogP contribution in [-0.2, 0) is 0 Å². The third kappa shape index (κ3) is 1.62. The smallest absolute Gasteiger partial charge is 0.423 e. The Kier molecular flexibility index (Phi) is 2.44. The maximum Gasteiger partial charge on any atom is 0.491 e. The molecule has 2 nitrogen and oxygen atoms in total. The Labute approximate surface area is 68.6 Å². The zero-order valence-corrected chi connectivity index (χ0v) is 6.38. The van der Waals surface area contributed by atoms with E-state index in [9.17, 15) is 8.78 Å². The van der Waals surface area contributed by atoms with Gasteiger partial charge in [0.2, 0.25) is 0 Å². The molecule has 1 aromatic rings. The number of benzene rings is 1. The molecule has 0 amide bonds. The molecule has 0 aromatic heterocycles. The molecule has 12 heavy (non-hydrogen) atoms. The first-order valence-electron chi connectivity index (χ1n) is 3.34. The minimum Gasteiger partial charge on any atom is -0.423 e. The molecular formula is C7H7BF2O2. The third-order valence-electron chi connectivity index (χ3n) is 1.56. The molecule has 64 valence electrons. The van der Waals surface area contributed by atoms with Crippen LogP contribution in [0, 0.1) is 18.6 Å². The second-order valence-electron chi connectivity index (χ2n) is 2.50. The summed E-state index contributed by atoms with van der Waals surface area (Å²) in [5.74, 6) is -1.47. The van der Waals surface area contributed by atoms with Gasteiger partial charge in [-0.25, -0.2) is 8.78 Å². The van der Waals surface area contributed by atoms with Gasteiger partial charge in [0.25, 0.3) is 0 Å². The molecule has 0 fully saturated rings. The normalized spacial score (nSPS) is 10.1. The minimum absolute atomic E-state index is 0.136. The van der Waals surface area contributed by atoms with E-state index in [4.69, 9.17) is 10.0 Å². The molecule has 0 aliphatic carbocycles. The molecule has 5 heteroatoms. The molecule has 2 N–H and O–H groups in total. The van der Waals surface area contributed by atoms with Gasteiger partial charge in [0.05, 0.1) is 0 Å². The van der Waals surface area contributed by atoms with Crippen molar-refractivity contribution in [3.63, 3.8) is 0 Å². The van der Waals surface area contributed by atoms with E-state index in [1.807, 2.05) is 0 Å². The molecule has 0 spiro atoms. The molecule has 0 aliphatic rings. The lowest BCUT2D eigenvalue weighted by atomic mass is 9.79. The Hall–Kier alpha value is -0.935. The van der Waals surface area contributed by atoms with Crippen LogP contribution in [0.4, 0.5) is 8.78 Å². The highest BCUT2D eigenvalue weighted by Crippen LogP contribution is 2.06. The summed E-state index contributed by atoms with van der Waals surface area (Å²) in [4.78, 5) is 0. The van der Waals surface area contributed by atoms with Crippen molar-refractivity contribution in [2.45, 2.75) is 6.92 Å². The van der Waals surface area contributed by atoms with Crippen molar-refractivity contribution < 1.29 is 18.8 Å². The van der Waals surface area contributed by atoms with Gasteiger partial charge in [0.1, 0.15) is 11.6 Å². The summed E-state index contributed by atoms with van der Waals surface area (Å²) in [6, 6.07) is 1.69. The molecule has 0 radical (unpaired) electrons. The van der Waals surface area contributed by atoms with E-state index in [0.29, 0.717) is 0 Å². The molecule has 0 unspecified atom stereocenters. The van der Waals surface area contributed by atoms with Gasteiger partial charge < -0.3 is 10.0 Å². The Bertz CT molecular complexity index is 302. The number of hydrogen-bond acceptors (Lipinski definition) is 2. The lowest BCUT2D eigenvalue weighted by Gasteiger charge is -2.03. The fourth-order valence-electron chi connectivity index (χ4n) is 0.860. The molecule has 0 atom stereocenters. The van der Waals surface area contributed by atoms with Crippen LogP contribution in [-0.4, -0.2) is 17.2 Å². The van der Waals surface area contributed by atoms with Gasteiger partial charge in [0.15, 0.2) is 0 Å².